The molecule has 1 N–H and O–H groups in total. The molecule has 0 unspecified atom stereocenters. The van der Waals surface area contributed by atoms with Gasteiger partial charge in [0.25, 0.3) is 5.91 Å². The number of halogens is 1. The first-order chi connectivity index (χ1) is 12.5. The molecule has 3 rings (SSSR count). The van der Waals surface area contributed by atoms with Crippen molar-refractivity contribution in [2.24, 2.45) is 0 Å². The van der Waals surface area contributed by atoms with Gasteiger partial charge in [-0.2, -0.15) is 0 Å². The topological polar surface area (TPSA) is 79.0 Å². The van der Waals surface area contributed by atoms with Crippen molar-refractivity contribution >= 4 is 29.3 Å². The Bertz CT molecular complexity index is 711. The molecule has 1 aromatic rings. The van der Waals surface area contributed by atoms with Crippen LogP contribution in [0.25, 0.3) is 0 Å². The van der Waals surface area contributed by atoms with E-state index in [1.807, 2.05) is 0 Å². The summed E-state index contributed by atoms with van der Waals surface area (Å²) in [5.41, 5.74) is 0.653. The quantitative estimate of drug-likeness (QED) is 0.830. The normalized spacial score (nSPS) is 24.0. The van der Waals surface area contributed by atoms with Gasteiger partial charge in [0.2, 0.25) is 11.8 Å². The summed E-state index contributed by atoms with van der Waals surface area (Å²) in [7, 11) is 0. The molecule has 2 heterocycles. The SMILES string of the molecule is CC(=O)N1CCCN(C(=O)[C@H]2OCC(=O)N[C@@H]2c2ccccc2Cl)CC1. The van der Waals surface area contributed by atoms with Crippen LogP contribution in [0.4, 0.5) is 0 Å². The molecule has 3 amide bonds. The molecule has 2 saturated heterocycles. The van der Waals surface area contributed by atoms with Crippen LogP contribution in [0.2, 0.25) is 5.02 Å². The highest BCUT2D eigenvalue weighted by Crippen LogP contribution is 2.29. The molecule has 26 heavy (non-hydrogen) atoms. The first-order valence-corrected chi connectivity index (χ1v) is 9.05. The average Bonchev–Trinajstić information content (AvgIpc) is 2.88. The molecular formula is C18H22ClN3O4. The number of hydrogen-bond acceptors (Lipinski definition) is 4. The van der Waals surface area contributed by atoms with E-state index in [1.165, 1.54) is 6.92 Å². The Morgan fingerprint density at radius 1 is 1.15 bits per heavy atom. The number of amides is 3. The Labute approximate surface area is 157 Å². The summed E-state index contributed by atoms with van der Waals surface area (Å²) in [4.78, 5) is 39.9. The lowest BCUT2D eigenvalue weighted by molar-refractivity contribution is -0.155. The predicted octanol–water partition coefficient (Wildman–Crippen LogP) is 0.977. The zero-order valence-electron chi connectivity index (χ0n) is 14.6. The standard InChI is InChI=1S/C18H22ClN3O4/c1-12(23)21-7-4-8-22(10-9-21)18(25)17-16(20-15(24)11-26-17)13-5-2-3-6-14(13)19/h2-3,5-6,16-17H,4,7-11H2,1H3,(H,20,24)/t16-,17+/m1/s1. The molecule has 0 aromatic heterocycles. The molecule has 2 aliphatic rings. The van der Waals surface area contributed by atoms with Gasteiger partial charge in [0, 0.05) is 38.1 Å². The number of rotatable bonds is 2. The molecule has 2 fully saturated rings. The molecule has 0 aliphatic carbocycles. The molecule has 2 aliphatic heterocycles. The number of nitrogens with zero attached hydrogens (tertiary/aromatic N) is 2. The second-order valence-corrected chi connectivity index (χ2v) is 6.89. The summed E-state index contributed by atoms with van der Waals surface area (Å²) in [6.45, 7) is 3.49. The number of ether oxygens (including phenoxy) is 1. The molecule has 0 saturated carbocycles. The Hall–Kier alpha value is -2.12. The van der Waals surface area contributed by atoms with Crippen molar-refractivity contribution in [2.45, 2.75) is 25.5 Å². The first-order valence-electron chi connectivity index (χ1n) is 8.67. The number of carbonyl (C=O) groups is 3. The van der Waals surface area contributed by atoms with Gasteiger partial charge in [-0.25, -0.2) is 0 Å². The number of morpholine rings is 1. The van der Waals surface area contributed by atoms with E-state index in [1.54, 1.807) is 34.1 Å². The van der Waals surface area contributed by atoms with E-state index in [2.05, 4.69) is 5.32 Å². The summed E-state index contributed by atoms with van der Waals surface area (Å²) >= 11 is 6.27. The highest BCUT2D eigenvalue weighted by atomic mass is 35.5. The predicted molar refractivity (Wildman–Crippen MR) is 95.5 cm³/mol. The lowest BCUT2D eigenvalue weighted by atomic mass is 9.98. The smallest absolute Gasteiger partial charge is 0.254 e. The Morgan fingerprint density at radius 3 is 2.58 bits per heavy atom. The summed E-state index contributed by atoms with van der Waals surface area (Å²) in [6, 6.07) is 6.46. The fourth-order valence-corrected chi connectivity index (χ4v) is 3.62. The van der Waals surface area contributed by atoms with E-state index < -0.39 is 12.1 Å². The molecular weight excluding hydrogens is 358 g/mol. The minimum atomic E-state index is -0.837. The number of hydrogen-bond donors (Lipinski definition) is 1. The first kappa shape index (κ1) is 18.7. The monoisotopic (exact) mass is 379 g/mol. The van der Waals surface area contributed by atoms with Crippen molar-refractivity contribution in [1.29, 1.82) is 0 Å². The Balaban J connectivity index is 1.79. The average molecular weight is 380 g/mol. The van der Waals surface area contributed by atoms with Crippen LogP contribution in [0, 0.1) is 0 Å². The van der Waals surface area contributed by atoms with Gasteiger partial charge in [-0.3, -0.25) is 14.4 Å². The molecule has 7 nitrogen and oxygen atoms in total. The molecule has 0 bridgehead atoms. The van der Waals surface area contributed by atoms with Crippen molar-refractivity contribution in [2.75, 3.05) is 32.8 Å². The van der Waals surface area contributed by atoms with Gasteiger partial charge in [0.15, 0.2) is 6.10 Å². The third-order valence-corrected chi connectivity index (χ3v) is 5.09. The largest absolute Gasteiger partial charge is 0.356 e. The van der Waals surface area contributed by atoms with Gasteiger partial charge in [0.05, 0.1) is 6.04 Å². The minimum Gasteiger partial charge on any atom is -0.356 e. The zero-order valence-corrected chi connectivity index (χ0v) is 15.4. The van der Waals surface area contributed by atoms with E-state index in [4.69, 9.17) is 16.3 Å². The Kier molecular flexibility index (Phi) is 5.78. The van der Waals surface area contributed by atoms with Crippen LogP contribution in [0.3, 0.4) is 0 Å². The van der Waals surface area contributed by atoms with Crippen molar-refractivity contribution in [3.63, 3.8) is 0 Å². The number of carbonyl (C=O) groups excluding carboxylic acids is 3. The molecule has 1 aromatic carbocycles. The van der Waals surface area contributed by atoms with E-state index in [0.717, 1.165) is 0 Å². The van der Waals surface area contributed by atoms with E-state index >= 15 is 0 Å². The van der Waals surface area contributed by atoms with Gasteiger partial charge < -0.3 is 19.9 Å². The fourth-order valence-electron chi connectivity index (χ4n) is 3.37. The zero-order chi connectivity index (χ0) is 18.7. The van der Waals surface area contributed by atoms with Crippen LogP contribution < -0.4 is 5.32 Å². The summed E-state index contributed by atoms with van der Waals surface area (Å²) in [5, 5.41) is 3.30. The molecule has 2 atom stereocenters. The van der Waals surface area contributed by atoms with Gasteiger partial charge in [-0.05, 0) is 18.1 Å². The maximum atomic E-state index is 13.1. The van der Waals surface area contributed by atoms with Crippen molar-refractivity contribution in [3.8, 4) is 0 Å². The molecule has 0 radical (unpaired) electrons. The van der Waals surface area contributed by atoms with Gasteiger partial charge in [-0.15, -0.1) is 0 Å². The van der Waals surface area contributed by atoms with Crippen LogP contribution in [-0.4, -0.2) is 66.4 Å². The minimum absolute atomic E-state index is 0.00872. The highest BCUT2D eigenvalue weighted by Gasteiger charge is 2.39. The van der Waals surface area contributed by atoms with Crippen molar-refractivity contribution in [3.05, 3.63) is 34.9 Å². The van der Waals surface area contributed by atoms with E-state index in [-0.39, 0.29) is 24.3 Å². The van der Waals surface area contributed by atoms with Crippen LogP contribution in [0.5, 0.6) is 0 Å². The van der Waals surface area contributed by atoms with E-state index in [9.17, 15) is 14.4 Å². The van der Waals surface area contributed by atoms with Crippen LogP contribution in [0.1, 0.15) is 24.9 Å². The van der Waals surface area contributed by atoms with Crippen LogP contribution in [-0.2, 0) is 19.1 Å². The molecule has 0 spiro atoms. The van der Waals surface area contributed by atoms with Gasteiger partial charge in [0.1, 0.15) is 6.61 Å². The third kappa shape index (κ3) is 3.99. The second-order valence-electron chi connectivity index (χ2n) is 6.48. The van der Waals surface area contributed by atoms with Gasteiger partial charge >= 0.3 is 0 Å². The van der Waals surface area contributed by atoms with Crippen molar-refractivity contribution in [1.82, 2.24) is 15.1 Å². The Morgan fingerprint density at radius 2 is 1.85 bits per heavy atom. The lowest BCUT2D eigenvalue weighted by Crippen LogP contribution is -2.54. The van der Waals surface area contributed by atoms with Crippen LogP contribution >= 0.6 is 11.6 Å². The maximum absolute atomic E-state index is 13.1. The summed E-state index contributed by atoms with van der Waals surface area (Å²) in [5.74, 6) is -0.465. The summed E-state index contributed by atoms with van der Waals surface area (Å²) in [6.07, 6.45) is -0.127. The van der Waals surface area contributed by atoms with Gasteiger partial charge in [-0.1, -0.05) is 29.8 Å². The van der Waals surface area contributed by atoms with Crippen molar-refractivity contribution < 1.29 is 19.1 Å². The van der Waals surface area contributed by atoms with Crippen LogP contribution in [0.15, 0.2) is 24.3 Å². The lowest BCUT2D eigenvalue weighted by Gasteiger charge is -2.35. The maximum Gasteiger partial charge on any atom is 0.254 e. The van der Waals surface area contributed by atoms with E-state index in [0.29, 0.717) is 43.2 Å². The fraction of sp³-hybridized carbons (Fsp3) is 0.500. The number of nitrogens with one attached hydrogen (secondary N) is 1. The number of benzene rings is 1. The second kappa shape index (κ2) is 8.05. The highest BCUT2D eigenvalue weighted by molar-refractivity contribution is 6.31. The summed E-state index contributed by atoms with van der Waals surface area (Å²) < 4.78 is 5.60. The molecule has 8 heteroatoms. The molecule has 140 valence electrons. The third-order valence-electron chi connectivity index (χ3n) is 4.75.